The molecule has 0 aromatic carbocycles. The van der Waals surface area contributed by atoms with E-state index in [1.54, 1.807) is 0 Å². The summed E-state index contributed by atoms with van der Waals surface area (Å²) in [6, 6.07) is -1.46. The molecule has 1 saturated heterocycles. The summed E-state index contributed by atoms with van der Waals surface area (Å²) >= 11 is 0. The first-order valence-corrected chi connectivity index (χ1v) is 5.83. The molecule has 1 aliphatic heterocycles. The van der Waals surface area contributed by atoms with Crippen LogP contribution in [0.5, 0.6) is 0 Å². The number of carbonyl (C=O) groups is 2. The summed E-state index contributed by atoms with van der Waals surface area (Å²) in [5.41, 5.74) is 0. The predicted octanol–water partition coefficient (Wildman–Crippen LogP) is -1.33. The first kappa shape index (κ1) is 13.4. The second-order valence-corrected chi connectivity index (χ2v) is 4.15. The molecule has 0 bridgehead atoms. The van der Waals surface area contributed by atoms with E-state index in [9.17, 15) is 9.59 Å². The van der Waals surface area contributed by atoms with Crippen LogP contribution in [0.2, 0.25) is 0 Å². The molecule has 19 heavy (non-hydrogen) atoms. The molecule has 9 heteroatoms. The van der Waals surface area contributed by atoms with E-state index in [4.69, 9.17) is 14.7 Å². The summed E-state index contributed by atoms with van der Waals surface area (Å²) in [5.74, 6) is -2.08. The second kappa shape index (κ2) is 5.76. The lowest BCUT2D eigenvalue weighted by atomic mass is 10.2. The highest BCUT2D eigenvalue weighted by molar-refractivity contribution is 5.93. The number of aromatic nitrogens is 2. The highest BCUT2D eigenvalue weighted by atomic mass is 16.5. The number of carbonyl (C=O) groups excluding carboxylic acids is 1. The average Bonchev–Trinajstić information content (AvgIpc) is 3.04. The van der Waals surface area contributed by atoms with Crippen molar-refractivity contribution >= 4 is 11.9 Å². The fourth-order valence-corrected chi connectivity index (χ4v) is 1.77. The zero-order chi connectivity index (χ0) is 13.8. The molecular formula is C10H14N4O5. The van der Waals surface area contributed by atoms with Gasteiger partial charge in [-0.15, -0.1) is 0 Å². The molecule has 1 aromatic heterocycles. The van der Waals surface area contributed by atoms with Gasteiger partial charge in [0.2, 0.25) is 5.89 Å². The third kappa shape index (κ3) is 3.06. The molecule has 1 unspecified atom stereocenters. The maximum Gasteiger partial charge on any atom is 0.328 e. The molecule has 1 aliphatic rings. The summed E-state index contributed by atoms with van der Waals surface area (Å²) in [6.07, 6.45) is 1.83. The highest BCUT2D eigenvalue weighted by Crippen LogP contribution is 2.20. The van der Waals surface area contributed by atoms with Crippen LogP contribution in [0.25, 0.3) is 0 Å². The number of aliphatic hydroxyl groups excluding tert-OH is 1. The monoisotopic (exact) mass is 270 g/mol. The summed E-state index contributed by atoms with van der Waals surface area (Å²) in [4.78, 5) is 26.2. The highest BCUT2D eigenvalue weighted by Gasteiger charge is 2.26. The van der Waals surface area contributed by atoms with E-state index in [0.29, 0.717) is 5.89 Å². The summed E-state index contributed by atoms with van der Waals surface area (Å²) in [5, 5.41) is 26.2. The van der Waals surface area contributed by atoms with Crippen LogP contribution in [0.4, 0.5) is 0 Å². The van der Waals surface area contributed by atoms with Crippen LogP contribution in [-0.2, 0) is 4.79 Å². The van der Waals surface area contributed by atoms with E-state index in [-0.39, 0.29) is 11.9 Å². The Labute approximate surface area is 108 Å². The number of nitrogens with one attached hydrogen (secondary N) is 2. The number of hydrogen-bond acceptors (Lipinski definition) is 7. The van der Waals surface area contributed by atoms with Crippen molar-refractivity contribution in [3.05, 3.63) is 11.7 Å². The number of carboxylic acid groups (broad SMARTS) is 1. The maximum atomic E-state index is 11.7. The SMILES string of the molecule is O=C(N[C@H](CO)C(=O)O)c1noc(C2CCCN2)n1. The van der Waals surface area contributed by atoms with Gasteiger partial charge in [0.05, 0.1) is 12.6 Å². The molecule has 0 aliphatic carbocycles. The summed E-state index contributed by atoms with van der Waals surface area (Å²) in [7, 11) is 0. The number of rotatable bonds is 5. The largest absolute Gasteiger partial charge is 0.480 e. The molecule has 0 radical (unpaired) electrons. The molecule has 4 N–H and O–H groups in total. The van der Waals surface area contributed by atoms with Crippen molar-refractivity contribution < 1.29 is 24.3 Å². The number of nitrogens with zero attached hydrogens (tertiary/aromatic N) is 2. The molecule has 2 atom stereocenters. The number of amides is 1. The van der Waals surface area contributed by atoms with Crippen LogP contribution in [0.15, 0.2) is 4.52 Å². The molecule has 1 fully saturated rings. The van der Waals surface area contributed by atoms with Crippen LogP contribution >= 0.6 is 0 Å². The molecule has 2 heterocycles. The molecule has 1 aromatic rings. The van der Waals surface area contributed by atoms with Gasteiger partial charge in [0.1, 0.15) is 0 Å². The number of aliphatic hydroxyl groups is 1. The van der Waals surface area contributed by atoms with E-state index in [1.165, 1.54) is 0 Å². The Hall–Kier alpha value is -2.00. The van der Waals surface area contributed by atoms with Crippen molar-refractivity contribution in [2.75, 3.05) is 13.2 Å². The van der Waals surface area contributed by atoms with Gasteiger partial charge < -0.3 is 25.4 Å². The lowest BCUT2D eigenvalue weighted by molar-refractivity contribution is -0.140. The normalized spacial score (nSPS) is 20.2. The van der Waals surface area contributed by atoms with Crippen molar-refractivity contribution in [2.24, 2.45) is 0 Å². The Morgan fingerprint density at radius 3 is 2.95 bits per heavy atom. The van der Waals surface area contributed by atoms with Gasteiger partial charge in [-0.3, -0.25) is 4.79 Å². The van der Waals surface area contributed by atoms with Gasteiger partial charge in [0, 0.05) is 0 Å². The van der Waals surface area contributed by atoms with E-state index in [0.717, 1.165) is 19.4 Å². The summed E-state index contributed by atoms with van der Waals surface area (Å²) < 4.78 is 4.95. The van der Waals surface area contributed by atoms with Gasteiger partial charge in [-0.2, -0.15) is 4.98 Å². The Morgan fingerprint density at radius 1 is 1.58 bits per heavy atom. The number of aliphatic carboxylic acids is 1. The average molecular weight is 270 g/mol. The quantitative estimate of drug-likeness (QED) is 0.516. The Kier molecular flexibility index (Phi) is 4.07. The molecule has 0 spiro atoms. The van der Waals surface area contributed by atoms with Gasteiger partial charge in [-0.25, -0.2) is 4.79 Å². The number of carboxylic acids is 1. The van der Waals surface area contributed by atoms with Gasteiger partial charge >= 0.3 is 5.97 Å². The molecule has 1 amide bonds. The lowest BCUT2D eigenvalue weighted by Gasteiger charge is -2.09. The van der Waals surface area contributed by atoms with E-state index >= 15 is 0 Å². The first-order chi connectivity index (χ1) is 9.11. The van der Waals surface area contributed by atoms with Crippen LogP contribution in [0.1, 0.15) is 35.4 Å². The first-order valence-electron chi connectivity index (χ1n) is 5.83. The van der Waals surface area contributed by atoms with Crippen molar-refractivity contribution in [3.63, 3.8) is 0 Å². The minimum atomic E-state index is -1.39. The van der Waals surface area contributed by atoms with Crippen LogP contribution < -0.4 is 10.6 Å². The minimum absolute atomic E-state index is 0.0674. The van der Waals surface area contributed by atoms with Crippen molar-refractivity contribution in [3.8, 4) is 0 Å². The Bertz CT molecular complexity index is 468. The standard InChI is InChI=1S/C10H14N4O5/c15-4-6(10(17)18)12-8(16)7-13-9(19-14-7)5-2-1-3-11-5/h5-6,11,15H,1-4H2,(H,12,16)(H,17,18)/t5?,6-/m1/s1. The lowest BCUT2D eigenvalue weighted by Crippen LogP contribution is -2.43. The fraction of sp³-hybridized carbons (Fsp3) is 0.600. The third-order valence-electron chi connectivity index (χ3n) is 2.79. The van der Waals surface area contributed by atoms with Crippen molar-refractivity contribution in [2.45, 2.75) is 24.9 Å². The topological polar surface area (TPSA) is 138 Å². The Balaban J connectivity index is 2.01. The zero-order valence-electron chi connectivity index (χ0n) is 10.00. The van der Waals surface area contributed by atoms with Crippen LogP contribution in [-0.4, -0.2) is 51.4 Å². The van der Waals surface area contributed by atoms with Gasteiger partial charge in [0.15, 0.2) is 6.04 Å². The maximum absolute atomic E-state index is 11.7. The Morgan fingerprint density at radius 2 is 2.37 bits per heavy atom. The molecular weight excluding hydrogens is 256 g/mol. The van der Waals surface area contributed by atoms with E-state index in [2.05, 4.69) is 20.8 Å². The molecule has 2 rings (SSSR count). The van der Waals surface area contributed by atoms with E-state index in [1.807, 2.05) is 0 Å². The smallest absolute Gasteiger partial charge is 0.328 e. The van der Waals surface area contributed by atoms with E-state index < -0.39 is 24.5 Å². The third-order valence-corrected chi connectivity index (χ3v) is 2.79. The second-order valence-electron chi connectivity index (χ2n) is 4.15. The van der Waals surface area contributed by atoms with Crippen LogP contribution in [0.3, 0.4) is 0 Å². The minimum Gasteiger partial charge on any atom is -0.480 e. The van der Waals surface area contributed by atoms with Gasteiger partial charge in [-0.05, 0) is 19.4 Å². The molecule has 104 valence electrons. The summed E-state index contributed by atoms with van der Waals surface area (Å²) in [6.45, 7) is 0.135. The zero-order valence-corrected chi connectivity index (χ0v) is 10.00. The fourth-order valence-electron chi connectivity index (χ4n) is 1.77. The van der Waals surface area contributed by atoms with Crippen LogP contribution in [0, 0.1) is 0 Å². The molecule has 0 saturated carbocycles. The molecule has 9 nitrogen and oxygen atoms in total. The van der Waals surface area contributed by atoms with Gasteiger partial charge in [0.25, 0.3) is 11.7 Å². The number of hydrogen-bond donors (Lipinski definition) is 4. The van der Waals surface area contributed by atoms with Gasteiger partial charge in [-0.1, -0.05) is 5.16 Å². The predicted molar refractivity (Wildman–Crippen MR) is 60.3 cm³/mol. The van der Waals surface area contributed by atoms with Crippen molar-refractivity contribution in [1.29, 1.82) is 0 Å². The van der Waals surface area contributed by atoms with Crippen molar-refractivity contribution in [1.82, 2.24) is 20.8 Å².